The van der Waals surface area contributed by atoms with Crippen LogP contribution < -0.4 is 10.5 Å². The lowest BCUT2D eigenvalue weighted by Gasteiger charge is -2.12. The highest BCUT2D eigenvalue weighted by atomic mass is 16.5. The number of nitrogens with two attached hydrogens (primary N) is 1. The Labute approximate surface area is 102 Å². The van der Waals surface area contributed by atoms with E-state index >= 15 is 0 Å². The highest BCUT2D eigenvalue weighted by molar-refractivity contribution is 5.91. The summed E-state index contributed by atoms with van der Waals surface area (Å²) in [5.74, 6) is -2.74. The maximum Gasteiger partial charge on any atom is 0.339 e. The predicted molar refractivity (Wildman–Crippen MR) is 60.9 cm³/mol. The molecule has 0 aliphatic carbocycles. The van der Waals surface area contributed by atoms with Crippen LogP contribution in [0.1, 0.15) is 15.9 Å². The van der Waals surface area contributed by atoms with Gasteiger partial charge < -0.3 is 25.8 Å². The van der Waals surface area contributed by atoms with Crippen molar-refractivity contribution in [1.82, 2.24) is 0 Å². The number of aromatic hydroxyl groups is 1. The van der Waals surface area contributed by atoms with Crippen LogP contribution in [-0.2, 0) is 11.2 Å². The summed E-state index contributed by atoms with van der Waals surface area (Å²) in [6, 6.07) is 1.05. The van der Waals surface area contributed by atoms with E-state index in [1.54, 1.807) is 0 Å². The molecule has 1 unspecified atom stereocenters. The van der Waals surface area contributed by atoms with Gasteiger partial charge in [0, 0.05) is 12.5 Å². The summed E-state index contributed by atoms with van der Waals surface area (Å²) in [6.45, 7) is 0. The minimum Gasteiger partial charge on any atom is -0.508 e. The molecule has 0 aliphatic rings. The fourth-order valence-electron chi connectivity index (χ4n) is 1.44. The number of hydrogen-bond donors (Lipinski definition) is 4. The molecule has 98 valence electrons. The van der Waals surface area contributed by atoms with Gasteiger partial charge in [-0.2, -0.15) is 0 Å². The molecule has 0 aliphatic heterocycles. The zero-order valence-electron chi connectivity index (χ0n) is 9.58. The summed E-state index contributed by atoms with van der Waals surface area (Å²) < 4.78 is 4.81. The third-order valence-electron chi connectivity index (χ3n) is 2.39. The molecule has 18 heavy (non-hydrogen) atoms. The Bertz CT molecular complexity index is 485. The number of carbonyl (C=O) groups is 2. The number of phenolic OH excluding ortho intramolecular Hbond substituents is 1. The second-order valence-electron chi connectivity index (χ2n) is 3.64. The zero-order valence-corrected chi connectivity index (χ0v) is 9.58. The molecule has 0 saturated heterocycles. The Morgan fingerprint density at radius 2 is 2.00 bits per heavy atom. The fourth-order valence-corrected chi connectivity index (χ4v) is 1.44. The molecule has 1 atom stereocenters. The van der Waals surface area contributed by atoms with Gasteiger partial charge in [-0.15, -0.1) is 0 Å². The Hall–Kier alpha value is -2.28. The number of aromatic carboxylic acids is 1. The first-order valence-corrected chi connectivity index (χ1v) is 4.98. The minimum absolute atomic E-state index is 0.00681. The Morgan fingerprint density at radius 3 is 2.44 bits per heavy atom. The zero-order chi connectivity index (χ0) is 13.9. The van der Waals surface area contributed by atoms with E-state index in [9.17, 15) is 14.7 Å². The fraction of sp³-hybridized carbons (Fsp3) is 0.273. The van der Waals surface area contributed by atoms with Gasteiger partial charge in [-0.3, -0.25) is 4.79 Å². The Morgan fingerprint density at radius 1 is 1.39 bits per heavy atom. The maximum absolute atomic E-state index is 11.0. The average molecular weight is 255 g/mol. The van der Waals surface area contributed by atoms with E-state index in [-0.39, 0.29) is 29.0 Å². The molecular weight excluding hydrogens is 242 g/mol. The molecule has 7 nitrogen and oxygen atoms in total. The molecule has 0 saturated carbocycles. The monoisotopic (exact) mass is 255 g/mol. The highest BCUT2D eigenvalue weighted by Crippen LogP contribution is 2.29. The number of carboxylic acids is 2. The number of aliphatic carboxylic acids is 1. The number of phenols is 1. The van der Waals surface area contributed by atoms with Crippen LogP contribution in [0.2, 0.25) is 0 Å². The third-order valence-corrected chi connectivity index (χ3v) is 2.39. The van der Waals surface area contributed by atoms with Gasteiger partial charge in [0.1, 0.15) is 23.1 Å². The molecule has 1 rings (SSSR count). The van der Waals surface area contributed by atoms with E-state index in [4.69, 9.17) is 20.7 Å². The van der Waals surface area contributed by atoms with Crippen molar-refractivity contribution in [2.24, 2.45) is 5.73 Å². The molecule has 7 heteroatoms. The van der Waals surface area contributed by atoms with Gasteiger partial charge in [0.15, 0.2) is 0 Å². The first-order valence-electron chi connectivity index (χ1n) is 4.98. The van der Waals surface area contributed by atoms with Crippen LogP contribution in [0.25, 0.3) is 0 Å². The van der Waals surface area contributed by atoms with Gasteiger partial charge in [0.05, 0.1) is 7.11 Å². The van der Waals surface area contributed by atoms with Gasteiger partial charge in [0.25, 0.3) is 0 Å². The lowest BCUT2D eigenvalue weighted by molar-refractivity contribution is -0.138. The van der Waals surface area contributed by atoms with E-state index in [2.05, 4.69) is 0 Å². The van der Waals surface area contributed by atoms with Gasteiger partial charge in [0.2, 0.25) is 0 Å². The van der Waals surface area contributed by atoms with Crippen LogP contribution in [0.3, 0.4) is 0 Å². The van der Waals surface area contributed by atoms with Crippen LogP contribution in [0.5, 0.6) is 11.5 Å². The smallest absolute Gasteiger partial charge is 0.339 e. The molecule has 0 spiro atoms. The van der Waals surface area contributed by atoms with Crippen molar-refractivity contribution in [1.29, 1.82) is 0 Å². The molecule has 0 radical (unpaired) electrons. The molecule has 0 aromatic heterocycles. The van der Waals surface area contributed by atoms with Crippen LogP contribution in [0.4, 0.5) is 0 Å². The number of hydrogen-bond acceptors (Lipinski definition) is 5. The van der Waals surface area contributed by atoms with Crippen molar-refractivity contribution in [3.05, 3.63) is 23.3 Å². The van der Waals surface area contributed by atoms with Gasteiger partial charge in [-0.25, -0.2) is 4.79 Å². The molecule has 5 N–H and O–H groups in total. The molecule has 0 fully saturated rings. The van der Waals surface area contributed by atoms with E-state index < -0.39 is 18.0 Å². The van der Waals surface area contributed by atoms with E-state index in [0.717, 1.165) is 12.1 Å². The lowest BCUT2D eigenvalue weighted by Crippen LogP contribution is -2.32. The van der Waals surface area contributed by atoms with Crippen LogP contribution in [0.15, 0.2) is 12.1 Å². The second-order valence-corrected chi connectivity index (χ2v) is 3.64. The summed E-state index contributed by atoms with van der Waals surface area (Å²) in [5.41, 5.74) is 5.30. The van der Waals surface area contributed by atoms with Crippen molar-refractivity contribution in [3.8, 4) is 11.5 Å². The van der Waals surface area contributed by atoms with E-state index in [1.165, 1.54) is 7.11 Å². The number of rotatable bonds is 5. The van der Waals surface area contributed by atoms with E-state index in [0.29, 0.717) is 0 Å². The SMILES string of the molecule is COc1cc(O)c(CC(N)C(=O)O)cc1C(=O)O. The molecular formula is C11H13NO6. The lowest BCUT2D eigenvalue weighted by atomic mass is 10.0. The number of methoxy groups -OCH3 is 1. The third kappa shape index (κ3) is 2.89. The van der Waals surface area contributed by atoms with Crippen molar-refractivity contribution < 1.29 is 29.6 Å². The molecule has 0 bridgehead atoms. The highest BCUT2D eigenvalue weighted by Gasteiger charge is 2.19. The van der Waals surface area contributed by atoms with Crippen molar-refractivity contribution in [2.75, 3.05) is 7.11 Å². The first-order chi connectivity index (χ1) is 8.36. The van der Waals surface area contributed by atoms with Crippen LogP contribution >= 0.6 is 0 Å². The Balaban J connectivity index is 3.17. The standard InChI is InChI=1S/C11H13NO6/c1-18-9-4-8(13)5(2-6(9)10(14)15)3-7(12)11(16)17/h2,4,7,13H,3,12H2,1H3,(H,14,15)(H,16,17). The number of ether oxygens (including phenoxy) is 1. The normalized spacial score (nSPS) is 11.9. The quantitative estimate of drug-likeness (QED) is 0.584. The van der Waals surface area contributed by atoms with Gasteiger partial charge >= 0.3 is 11.9 Å². The summed E-state index contributed by atoms with van der Waals surface area (Å²) in [6.07, 6.45) is -0.175. The summed E-state index contributed by atoms with van der Waals surface area (Å²) in [7, 11) is 1.27. The van der Waals surface area contributed by atoms with E-state index in [1.807, 2.05) is 0 Å². The van der Waals surface area contributed by atoms with Gasteiger partial charge in [-0.1, -0.05) is 0 Å². The van der Waals surface area contributed by atoms with Crippen molar-refractivity contribution >= 4 is 11.9 Å². The molecule has 0 amide bonds. The first kappa shape index (κ1) is 13.8. The minimum atomic E-state index is -1.24. The Kier molecular flexibility index (Phi) is 4.11. The summed E-state index contributed by atoms with van der Waals surface area (Å²) >= 11 is 0. The molecule has 1 aromatic carbocycles. The average Bonchev–Trinajstić information content (AvgIpc) is 2.30. The second kappa shape index (κ2) is 5.37. The van der Waals surface area contributed by atoms with Crippen molar-refractivity contribution in [2.45, 2.75) is 12.5 Å². The van der Waals surface area contributed by atoms with Crippen LogP contribution in [-0.4, -0.2) is 40.4 Å². The van der Waals surface area contributed by atoms with Gasteiger partial charge in [-0.05, 0) is 11.6 Å². The maximum atomic E-state index is 11.0. The molecule has 1 aromatic rings. The van der Waals surface area contributed by atoms with Crippen molar-refractivity contribution in [3.63, 3.8) is 0 Å². The topological polar surface area (TPSA) is 130 Å². The van der Waals surface area contributed by atoms with Crippen LogP contribution in [0, 0.1) is 0 Å². The largest absolute Gasteiger partial charge is 0.508 e. The number of benzene rings is 1. The molecule has 0 heterocycles. The number of carboxylic acid groups (broad SMARTS) is 2. The summed E-state index contributed by atoms with van der Waals surface area (Å²) in [5, 5.41) is 27.2. The summed E-state index contributed by atoms with van der Waals surface area (Å²) in [4.78, 5) is 21.6. The predicted octanol–water partition coefficient (Wildman–Crippen LogP) is 0.0534.